The van der Waals surface area contributed by atoms with Gasteiger partial charge in [-0.05, 0) is 25.1 Å². The molecule has 122 valence electrons. The van der Waals surface area contributed by atoms with Gasteiger partial charge in [0, 0.05) is 13.6 Å². The Kier molecular flexibility index (Phi) is 6.47. The molecular weight excluding hydrogens is 312 g/mol. The maximum absolute atomic E-state index is 12.1. The lowest BCUT2D eigenvalue weighted by Crippen LogP contribution is -2.28. The van der Waals surface area contributed by atoms with Gasteiger partial charge in [0.1, 0.15) is 0 Å². The van der Waals surface area contributed by atoms with Gasteiger partial charge in [-0.1, -0.05) is 10.5 Å². The average Bonchev–Trinajstić information content (AvgIpc) is 2.52. The van der Waals surface area contributed by atoms with Gasteiger partial charge in [0.2, 0.25) is 0 Å². The molecule has 1 rings (SSSR count). The Labute approximate surface area is 129 Å². The first-order chi connectivity index (χ1) is 10.3. The summed E-state index contributed by atoms with van der Waals surface area (Å²) in [6.07, 6.45) is 0. The number of likely N-dealkylation sites (N-methyl/N-ethyl adjacent to an activating group) is 1. The van der Waals surface area contributed by atoms with Gasteiger partial charge in [0.25, 0.3) is 15.9 Å². The topological polar surface area (TPSA) is 102 Å². The van der Waals surface area contributed by atoms with Crippen LogP contribution >= 0.6 is 0 Å². The quantitative estimate of drug-likeness (QED) is 0.564. The molecule has 1 amide bonds. The molecule has 1 aromatic rings. The fourth-order valence-electron chi connectivity index (χ4n) is 1.49. The molecule has 9 heteroatoms. The molecule has 0 heterocycles. The molecule has 0 fully saturated rings. The monoisotopic (exact) mass is 330 g/mol. The van der Waals surface area contributed by atoms with E-state index in [2.05, 4.69) is 10.2 Å². The Morgan fingerprint density at radius 1 is 1.32 bits per heavy atom. The number of hydroxylamine groups is 1. The van der Waals surface area contributed by atoms with Crippen LogP contribution in [0.5, 0.6) is 0 Å². The average molecular weight is 330 g/mol. The number of benzene rings is 1. The number of hydrogen-bond acceptors (Lipinski definition) is 6. The van der Waals surface area contributed by atoms with E-state index in [-0.39, 0.29) is 10.5 Å². The normalized spacial score (nSPS) is 11.3. The number of sulfonamides is 1. The zero-order valence-corrected chi connectivity index (χ0v) is 13.3. The van der Waals surface area contributed by atoms with Crippen LogP contribution in [0.25, 0.3) is 0 Å². The molecule has 8 nitrogen and oxygen atoms in total. The fourth-order valence-corrected chi connectivity index (χ4v) is 2.51. The minimum Gasteiger partial charge on any atom is -0.452 e. The van der Waals surface area contributed by atoms with Crippen molar-refractivity contribution in [2.75, 3.05) is 27.3 Å². The van der Waals surface area contributed by atoms with E-state index in [1.165, 1.54) is 32.4 Å². The van der Waals surface area contributed by atoms with Crippen molar-refractivity contribution < 1.29 is 27.6 Å². The lowest BCUT2D eigenvalue weighted by Gasteiger charge is -2.14. The summed E-state index contributed by atoms with van der Waals surface area (Å²) in [5.74, 6) is -1.22. The molecule has 0 aliphatic heterocycles. The van der Waals surface area contributed by atoms with E-state index in [0.29, 0.717) is 11.0 Å². The van der Waals surface area contributed by atoms with E-state index in [9.17, 15) is 18.0 Å². The van der Waals surface area contributed by atoms with Gasteiger partial charge in [0.05, 0.1) is 17.6 Å². The lowest BCUT2D eigenvalue weighted by molar-refractivity contribution is -0.124. The summed E-state index contributed by atoms with van der Waals surface area (Å²) in [4.78, 5) is 27.6. The third-order valence-corrected chi connectivity index (χ3v) is 4.35. The molecule has 0 atom stereocenters. The Morgan fingerprint density at radius 2 is 2.00 bits per heavy atom. The predicted molar refractivity (Wildman–Crippen MR) is 77.4 cm³/mol. The molecule has 22 heavy (non-hydrogen) atoms. The highest BCUT2D eigenvalue weighted by molar-refractivity contribution is 7.89. The fraction of sp³-hybridized carbons (Fsp3) is 0.385. The van der Waals surface area contributed by atoms with E-state index in [1.54, 1.807) is 6.92 Å². The van der Waals surface area contributed by atoms with Gasteiger partial charge in [-0.2, -0.15) is 0 Å². The molecule has 0 aromatic heterocycles. The largest absolute Gasteiger partial charge is 0.452 e. The highest BCUT2D eigenvalue weighted by Gasteiger charge is 2.22. The van der Waals surface area contributed by atoms with Gasteiger partial charge in [-0.15, -0.1) is 0 Å². The molecule has 0 saturated heterocycles. The molecule has 0 aliphatic carbocycles. The number of esters is 1. The molecule has 1 N–H and O–H groups in total. The Balaban J connectivity index is 2.88. The van der Waals surface area contributed by atoms with Crippen molar-refractivity contribution in [2.24, 2.45) is 0 Å². The van der Waals surface area contributed by atoms with Crippen LogP contribution in [0.2, 0.25) is 0 Å². The van der Waals surface area contributed by atoms with Crippen LogP contribution in [0.4, 0.5) is 0 Å². The maximum atomic E-state index is 12.1. The molecule has 0 spiro atoms. The van der Waals surface area contributed by atoms with Crippen molar-refractivity contribution in [3.63, 3.8) is 0 Å². The molecule has 0 unspecified atom stereocenters. The second-order valence-electron chi connectivity index (χ2n) is 4.15. The second-order valence-corrected chi connectivity index (χ2v) is 6.09. The predicted octanol–water partition coefficient (Wildman–Crippen LogP) is 0.161. The zero-order chi connectivity index (χ0) is 16.8. The van der Waals surface area contributed by atoms with Crippen LogP contribution in [-0.2, 0) is 24.4 Å². The summed E-state index contributed by atoms with van der Waals surface area (Å²) in [6, 6.07) is 5.28. The first-order valence-electron chi connectivity index (χ1n) is 6.39. The second kappa shape index (κ2) is 7.87. The SMILES string of the molecule is CCNC(=O)COC(=O)c1cccc(S(=O)(=O)N(C)OC)c1. The summed E-state index contributed by atoms with van der Waals surface area (Å²) >= 11 is 0. The lowest BCUT2D eigenvalue weighted by atomic mass is 10.2. The summed E-state index contributed by atoms with van der Waals surface area (Å²) in [7, 11) is -1.42. The number of nitrogens with one attached hydrogen (secondary N) is 1. The van der Waals surface area contributed by atoms with Crippen LogP contribution in [0, 0.1) is 0 Å². The van der Waals surface area contributed by atoms with Crippen molar-refractivity contribution in [1.82, 2.24) is 9.79 Å². The van der Waals surface area contributed by atoms with Gasteiger partial charge >= 0.3 is 5.97 Å². The Morgan fingerprint density at radius 3 is 2.59 bits per heavy atom. The van der Waals surface area contributed by atoms with E-state index < -0.39 is 28.5 Å². The maximum Gasteiger partial charge on any atom is 0.338 e. The van der Waals surface area contributed by atoms with Crippen molar-refractivity contribution in [3.8, 4) is 0 Å². The molecule has 0 saturated carbocycles. The van der Waals surface area contributed by atoms with Crippen LogP contribution < -0.4 is 5.32 Å². The molecule has 0 bridgehead atoms. The summed E-state index contributed by atoms with van der Waals surface area (Å²) < 4.78 is 29.6. The number of ether oxygens (including phenoxy) is 1. The highest BCUT2D eigenvalue weighted by Crippen LogP contribution is 2.16. The third kappa shape index (κ3) is 4.52. The summed E-state index contributed by atoms with van der Waals surface area (Å²) in [6.45, 7) is 1.73. The number of amides is 1. The van der Waals surface area contributed by atoms with Crippen LogP contribution in [0.3, 0.4) is 0 Å². The highest BCUT2D eigenvalue weighted by atomic mass is 32.2. The number of hydrogen-bond donors (Lipinski definition) is 1. The number of nitrogens with zero attached hydrogens (tertiary/aromatic N) is 1. The van der Waals surface area contributed by atoms with E-state index >= 15 is 0 Å². The molecule has 0 aliphatic rings. The zero-order valence-electron chi connectivity index (χ0n) is 12.5. The third-order valence-electron chi connectivity index (χ3n) is 2.67. The van der Waals surface area contributed by atoms with Crippen molar-refractivity contribution in [1.29, 1.82) is 0 Å². The van der Waals surface area contributed by atoms with Gasteiger partial charge in [-0.25, -0.2) is 13.2 Å². The van der Waals surface area contributed by atoms with Crippen molar-refractivity contribution >= 4 is 21.9 Å². The first-order valence-corrected chi connectivity index (χ1v) is 7.83. The first kappa shape index (κ1) is 18.1. The molecule has 1 aromatic carbocycles. The van der Waals surface area contributed by atoms with E-state index in [0.717, 1.165) is 6.07 Å². The Bertz CT molecular complexity index is 644. The number of rotatable bonds is 7. The smallest absolute Gasteiger partial charge is 0.338 e. The van der Waals surface area contributed by atoms with Gasteiger partial charge in [0.15, 0.2) is 6.61 Å². The van der Waals surface area contributed by atoms with E-state index in [1.807, 2.05) is 0 Å². The van der Waals surface area contributed by atoms with Gasteiger partial charge in [-0.3, -0.25) is 9.63 Å². The van der Waals surface area contributed by atoms with Crippen molar-refractivity contribution in [3.05, 3.63) is 29.8 Å². The number of carbonyl (C=O) groups is 2. The Hall–Kier alpha value is -1.97. The van der Waals surface area contributed by atoms with Crippen LogP contribution in [0.15, 0.2) is 29.2 Å². The molecular formula is C13H18N2O6S. The minimum atomic E-state index is -3.86. The summed E-state index contributed by atoms with van der Waals surface area (Å²) in [5.41, 5.74) is 0.0230. The van der Waals surface area contributed by atoms with E-state index in [4.69, 9.17) is 4.74 Å². The standard InChI is InChI=1S/C13H18N2O6S/c1-4-14-12(16)9-21-13(17)10-6-5-7-11(8-10)22(18,19)15(2)20-3/h5-8H,4,9H2,1-3H3,(H,14,16). The number of carbonyl (C=O) groups excluding carboxylic acids is 2. The van der Waals surface area contributed by atoms with Crippen LogP contribution in [-0.4, -0.2) is 52.1 Å². The molecule has 0 radical (unpaired) electrons. The summed E-state index contributed by atoms with van der Waals surface area (Å²) in [5, 5.41) is 2.48. The van der Waals surface area contributed by atoms with Crippen LogP contribution in [0.1, 0.15) is 17.3 Å². The minimum absolute atomic E-state index is 0.0230. The van der Waals surface area contributed by atoms with Crippen molar-refractivity contribution in [2.45, 2.75) is 11.8 Å². The van der Waals surface area contributed by atoms with Gasteiger partial charge < -0.3 is 10.1 Å².